The number of rotatable bonds is 7. The molecule has 0 saturated carbocycles. The third-order valence-electron chi connectivity index (χ3n) is 12.0. The van der Waals surface area contributed by atoms with Crippen molar-refractivity contribution in [3.63, 3.8) is 0 Å². The van der Waals surface area contributed by atoms with Gasteiger partial charge in [0.05, 0.1) is 22.1 Å². The maximum atomic E-state index is 5.35. The van der Waals surface area contributed by atoms with Crippen LogP contribution < -0.4 is 0 Å². The summed E-state index contributed by atoms with van der Waals surface area (Å²) >= 11 is 0. The third-order valence-corrected chi connectivity index (χ3v) is 12.0. The Balaban J connectivity index is 1.10. The van der Waals surface area contributed by atoms with Crippen LogP contribution in [0.3, 0.4) is 0 Å². The van der Waals surface area contributed by atoms with Crippen molar-refractivity contribution < 1.29 is 0 Å². The first-order chi connectivity index (χ1) is 30.7. The van der Waals surface area contributed by atoms with Gasteiger partial charge in [-0.15, -0.1) is 0 Å². The molecule has 0 aliphatic heterocycles. The van der Waals surface area contributed by atoms with Gasteiger partial charge in [-0.05, 0) is 75.8 Å². The van der Waals surface area contributed by atoms with Gasteiger partial charge in [-0.3, -0.25) is 4.57 Å². The highest BCUT2D eigenvalue weighted by Gasteiger charge is 2.23. The molecular weight excluding hydrogens is 755 g/mol. The lowest BCUT2D eigenvalue weighted by Gasteiger charge is -2.12. The number of nitrogens with zero attached hydrogens (tertiary/aromatic N) is 5. The van der Waals surface area contributed by atoms with Crippen LogP contribution in [-0.2, 0) is 0 Å². The molecule has 3 heterocycles. The standard InChI is InChI=1S/C57H37N5/c1-5-16-38(17-6-1)43-22-15-23-44(36-43)40-28-30-42(31-29-40)56-58-55(41-20-9-3-10-21-41)59-57(60-56)62-51-34-32-45(39-18-7-2-8-19-39)37-49(51)53-52(62)35-33-48-47-26-13-14-27-50(47)61(54(48)53)46-24-11-4-12-25-46/h1-37H. The Labute approximate surface area is 358 Å². The second kappa shape index (κ2) is 14.7. The first-order valence-corrected chi connectivity index (χ1v) is 20.9. The van der Waals surface area contributed by atoms with Crippen molar-refractivity contribution in [2.75, 3.05) is 0 Å². The van der Waals surface area contributed by atoms with Gasteiger partial charge in [0.15, 0.2) is 11.6 Å². The van der Waals surface area contributed by atoms with E-state index in [-0.39, 0.29) is 0 Å². The monoisotopic (exact) mass is 791 g/mol. The van der Waals surface area contributed by atoms with Crippen molar-refractivity contribution in [2.45, 2.75) is 0 Å². The van der Waals surface area contributed by atoms with Gasteiger partial charge in [0, 0.05) is 38.4 Å². The minimum atomic E-state index is 0.558. The van der Waals surface area contributed by atoms with Crippen LogP contribution in [-0.4, -0.2) is 24.1 Å². The fourth-order valence-electron chi connectivity index (χ4n) is 9.06. The number of para-hydroxylation sites is 2. The molecule has 0 N–H and O–H groups in total. The van der Waals surface area contributed by atoms with E-state index in [0.29, 0.717) is 17.6 Å². The van der Waals surface area contributed by atoms with Crippen molar-refractivity contribution in [1.82, 2.24) is 24.1 Å². The quantitative estimate of drug-likeness (QED) is 0.162. The van der Waals surface area contributed by atoms with Crippen molar-refractivity contribution >= 4 is 43.6 Å². The number of hydrogen-bond donors (Lipinski definition) is 0. The van der Waals surface area contributed by atoms with Crippen LogP contribution >= 0.6 is 0 Å². The molecule has 62 heavy (non-hydrogen) atoms. The SMILES string of the molecule is c1ccc(-c2cccc(-c3ccc(-c4nc(-c5ccccc5)nc(-n5c6ccc(-c7ccccc7)cc6c6c5ccc5c7ccccc7n(-c7ccccc7)c56)n4)cc3)c2)cc1. The molecule has 0 spiro atoms. The molecule has 12 aromatic rings. The molecule has 0 aliphatic carbocycles. The molecule has 0 saturated heterocycles. The van der Waals surface area contributed by atoms with E-state index in [2.05, 4.69) is 215 Å². The molecule has 5 nitrogen and oxygen atoms in total. The minimum Gasteiger partial charge on any atom is -0.309 e. The fraction of sp³-hybridized carbons (Fsp3) is 0. The summed E-state index contributed by atoms with van der Waals surface area (Å²) in [7, 11) is 0. The van der Waals surface area contributed by atoms with Gasteiger partial charge in [0.2, 0.25) is 5.95 Å². The maximum absolute atomic E-state index is 5.35. The van der Waals surface area contributed by atoms with Gasteiger partial charge < -0.3 is 4.57 Å². The average molecular weight is 792 g/mol. The minimum absolute atomic E-state index is 0.558. The molecule has 0 radical (unpaired) electrons. The second-order valence-electron chi connectivity index (χ2n) is 15.7. The van der Waals surface area contributed by atoms with Crippen molar-refractivity contribution in [2.24, 2.45) is 0 Å². The highest BCUT2D eigenvalue weighted by Crippen LogP contribution is 2.43. The molecule has 0 aliphatic rings. The second-order valence-corrected chi connectivity index (χ2v) is 15.7. The average Bonchev–Trinajstić information content (AvgIpc) is 3.88. The van der Waals surface area contributed by atoms with Gasteiger partial charge in [0.25, 0.3) is 0 Å². The van der Waals surface area contributed by atoms with Crippen LogP contribution in [0.1, 0.15) is 0 Å². The van der Waals surface area contributed by atoms with Crippen LogP contribution in [0, 0.1) is 0 Å². The predicted molar refractivity (Wildman–Crippen MR) is 256 cm³/mol. The number of aromatic nitrogens is 5. The summed E-state index contributed by atoms with van der Waals surface area (Å²) in [6.45, 7) is 0. The molecule has 0 bridgehead atoms. The third kappa shape index (κ3) is 5.98. The van der Waals surface area contributed by atoms with Crippen molar-refractivity contribution in [3.05, 3.63) is 224 Å². The van der Waals surface area contributed by atoms with Gasteiger partial charge in [-0.1, -0.05) is 182 Å². The first-order valence-electron chi connectivity index (χ1n) is 20.9. The molecule has 0 fully saturated rings. The highest BCUT2D eigenvalue weighted by atomic mass is 15.2. The van der Waals surface area contributed by atoms with Crippen LogP contribution in [0.5, 0.6) is 0 Å². The Kier molecular flexibility index (Phi) is 8.42. The summed E-state index contributed by atoms with van der Waals surface area (Å²) in [5.74, 6) is 1.78. The van der Waals surface area contributed by atoms with Crippen molar-refractivity contribution in [1.29, 1.82) is 0 Å². The van der Waals surface area contributed by atoms with Crippen LogP contribution in [0.15, 0.2) is 224 Å². The topological polar surface area (TPSA) is 48.5 Å². The van der Waals surface area contributed by atoms with E-state index in [4.69, 9.17) is 15.0 Å². The Hall–Kier alpha value is -8.41. The predicted octanol–water partition coefficient (Wildman–Crippen LogP) is 14.4. The molecule has 5 heteroatoms. The fourth-order valence-corrected chi connectivity index (χ4v) is 9.06. The van der Waals surface area contributed by atoms with E-state index >= 15 is 0 Å². The molecule has 12 rings (SSSR count). The highest BCUT2D eigenvalue weighted by molar-refractivity contribution is 6.26. The van der Waals surface area contributed by atoms with E-state index in [1.54, 1.807) is 0 Å². The van der Waals surface area contributed by atoms with Gasteiger partial charge in [-0.25, -0.2) is 4.98 Å². The number of benzene rings is 9. The molecule has 0 atom stereocenters. The smallest absolute Gasteiger partial charge is 0.238 e. The maximum Gasteiger partial charge on any atom is 0.238 e. The summed E-state index contributed by atoms with van der Waals surface area (Å²) < 4.78 is 4.64. The molecule has 0 amide bonds. The largest absolute Gasteiger partial charge is 0.309 e. The van der Waals surface area contributed by atoms with Crippen LogP contribution in [0.4, 0.5) is 0 Å². The van der Waals surface area contributed by atoms with Gasteiger partial charge in [-0.2, -0.15) is 9.97 Å². The summed E-state index contributed by atoms with van der Waals surface area (Å²) in [6, 6.07) is 79.2. The molecule has 9 aromatic carbocycles. The zero-order valence-corrected chi connectivity index (χ0v) is 33.6. The summed E-state index contributed by atoms with van der Waals surface area (Å²) in [6.07, 6.45) is 0. The molecule has 3 aromatic heterocycles. The zero-order valence-electron chi connectivity index (χ0n) is 33.6. The van der Waals surface area contributed by atoms with Crippen LogP contribution in [0.2, 0.25) is 0 Å². The van der Waals surface area contributed by atoms with E-state index in [0.717, 1.165) is 71.9 Å². The molecule has 0 unspecified atom stereocenters. The number of hydrogen-bond acceptors (Lipinski definition) is 3. The molecular formula is C57H37N5. The van der Waals surface area contributed by atoms with Crippen molar-refractivity contribution in [3.8, 4) is 67.8 Å². The van der Waals surface area contributed by atoms with Crippen LogP contribution in [0.25, 0.3) is 111 Å². The summed E-state index contributed by atoms with van der Waals surface area (Å²) in [5, 5.41) is 4.66. The number of fused-ring (bicyclic) bond motifs is 7. The van der Waals surface area contributed by atoms with Gasteiger partial charge in [0.1, 0.15) is 0 Å². The Morgan fingerprint density at radius 2 is 0.742 bits per heavy atom. The lowest BCUT2D eigenvalue weighted by Crippen LogP contribution is -2.06. The Morgan fingerprint density at radius 3 is 1.40 bits per heavy atom. The van der Waals surface area contributed by atoms with E-state index in [9.17, 15) is 0 Å². The Morgan fingerprint density at radius 1 is 0.274 bits per heavy atom. The van der Waals surface area contributed by atoms with E-state index in [1.807, 2.05) is 18.2 Å². The molecule has 290 valence electrons. The normalized spacial score (nSPS) is 11.5. The van der Waals surface area contributed by atoms with E-state index in [1.165, 1.54) is 21.9 Å². The zero-order chi connectivity index (χ0) is 41.0. The summed E-state index contributed by atoms with van der Waals surface area (Å²) in [4.78, 5) is 15.8. The van der Waals surface area contributed by atoms with Gasteiger partial charge >= 0.3 is 0 Å². The lowest BCUT2D eigenvalue weighted by atomic mass is 9.98. The first kappa shape index (κ1) is 35.5. The summed E-state index contributed by atoms with van der Waals surface area (Å²) in [5.41, 5.74) is 14.2. The Bertz CT molecular complexity index is 3590. The van der Waals surface area contributed by atoms with E-state index < -0.39 is 0 Å². The lowest BCUT2D eigenvalue weighted by molar-refractivity contribution is 0.953.